The second kappa shape index (κ2) is 6.36. The maximum Gasteiger partial charge on any atom is 0.159 e. The van der Waals surface area contributed by atoms with E-state index in [0.29, 0.717) is 22.9 Å². The number of halogens is 4. The highest BCUT2D eigenvalue weighted by Crippen LogP contribution is 2.25. The molecule has 0 amide bonds. The molecule has 0 bridgehead atoms. The van der Waals surface area contributed by atoms with E-state index in [1.165, 1.54) is 6.07 Å². The molecule has 2 rings (SSSR count). The Morgan fingerprint density at radius 3 is 2.42 bits per heavy atom. The lowest BCUT2D eigenvalue weighted by Crippen LogP contribution is -2.05. The molecule has 0 aliphatic heterocycles. The molecule has 0 saturated heterocycles. The molecule has 2 aromatic rings. The molecule has 0 N–H and O–H groups in total. The molecule has 0 radical (unpaired) electrons. The predicted octanol–water partition coefficient (Wildman–Crippen LogP) is 5.18. The molecule has 0 aliphatic rings. The van der Waals surface area contributed by atoms with Crippen molar-refractivity contribution in [1.29, 1.82) is 0 Å². The van der Waals surface area contributed by atoms with Gasteiger partial charge < -0.3 is 0 Å². The van der Waals surface area contributed by atoms with Crippen molar-refractivity contribution < 1.29 is 8.78 Å². The smallest absolute Gasteiger partial charge is 0.159 e. The Hall–Kier alpha value is -1.12. The van der Waals surface area contributed by atoms with Gasteiger partial charge >= 0.3 is 0 Å². The number of benzene rings is 2. The monoisotopic (exact) mass is 300 g/mol. The fourth-order valence-corrected chi connectivity index (χ4v) is 2.46. The van der Waals surface area contributed by atoms with Gasteiger partial charge in [0.05, 0.1) is 0 Å². The van der Waals surface area contributed by atoms with Gasteiger partial charge in [-0.15, -0.1) is 11.6 Å². The van der Waals surface area contributed by atoms with E-state index < -0.39 is 11.6 Å². The summed E-state index contributed by atoms with van der Waals surface area (Å²) in [6.07, 6.45) is 0.543. The second-order valence-electron chi connectivity index (χ2n) is 4.36. The summed E-state index contributed by atoms with van der Waals surface area (Å²) in [6.45, 7) is 0. The zero-order valence-corrected chi connectivity index (χ0v) is 11.6. The first-order chi connectivity index (χ1) is 9.10. The normalized spacial score (nSPS) is 12.4. The fraction of sp³-hybridized carbons (Fsp3) is 0.200. The van der Waals surface area contributed by atoms with Crippen molar-refractivity contribution in [1.82, 2.24) is 0 Å². The van der Waals surface area contributed by atoms with Gasteiger partial charge in [0.25, 0.3) is 0 Å². The minimum Gasteiger partial charge on any atom is -0.204 e. The third-order valence-electron chi connectivity index (χ3n) is 2.97. The molecule has 0 fully saturated rings. The SMILES string of the molecule is Fc1ccc(CC(CCl)c2cccc(Cl)c2)cc1F. The summed E-state index contributed by atoms with van der Waals surface area (Å²) in [5.41, 5.74) is 1.71. The molecule has 0 saturated carbocycles. The first kappa shape index (κ1) is 14.3. The van der Waals surface area contributed by atoms with E-state index in [0.717, 1.165) is 11.6 Å². The van der Waals surface area contributed by atoms with Gasteiger partial charge in [-0.25, -0.2) is 8.78 Å². The van der Waals surface area contributed by atoms with Crippen LogP contribution in [0.5, 0.6) is 0 Å². The number of hydrogen-bond donors (Lipinski definition) is 0. The van der Waals surface area contributed by atoms with Crippen LogP contribution < -0.4 is 0 Å². The Bertz CT molecular complexity index is 570. The van der Waals surface area contributed by atoms with E-state index in [-0.39, 0.29) is 5.92 Å². The Morgan fingerprint density at radius 2 is 1.79 bits per heavy atom. The minimum atomic E-state index is -0.839. The molecule has 19 heavy (non-hydrogen) atoms. The van der Waals surface area contributed by atoms with Crippen molar-refractivity contribution in [2.45, 2.75) is 12.3 Å². The van der Waals surface area contributed by atoms with Gasteiger partial charge in [-0.3, -0.25) is 0 Å². The average Bonchev–Trinajstić information content (AvgIpc) is 2.40. The molecule has 4 heteroatoms. The maximum absolute atomic E-state index is 13.2. The minimum absolute atomic E-state index is 0.0187. The van der Waals surface area contributed by atoms with Crippen molar-refractivity contribution in [2.75, 3.05) is 5.88 Å². The zero-order valence-electron chi connectivity index (χ0n) is 10.0. The van der Waals surface area contributed by atoms with Crippen molar-refractivity contribution >= 4 is 23.2 Å². The molecule has 100 valence electrons. The van der Waals surface area contributed by atoms with Gasteiger partial charge in [-0.05, 0) is 41.8 Å². The number of hydrogen-bond acceptors (Lipinski definition) is 0. The molecule has 2 aromatic carbocycles. The van der Waals surface area contributed by atoms with Crippen molar-refractivity contribution in [3.05, 3.63) is 70.2 Å². The van der Waals surface area contributed by atoms with Crippen LogP contribution in [0.2, 0.25) is 5.02 Å². The summed E-state index contributed by atoms with van der Waals surface area (Å²) >= 11 is 11.9. The van der Waals surface area contributed by atoms with Gasteiger partial charge in [-0.2, -0.15) is 0 Å². The molecule has 1 atom stereocenters. The fourth-order valence-electron chi connectivity index (χ4n) is 1.97. The number of alkyl halides is 1. The summed E-state index contributed by atoms with van der Waals surface area (Å²) in [5.74, 6) is -1.27. The van der Waals surface area contributed by atoms with Crippen molar-refractivity contribution in [3.8, 4) is 0 Å². The van der Waals surface area contributed by atoms with Gasteiger partial charge in [0.2, 0.25) is 0 Å². The van der Waals surface area contributed by atoms with Gasteiger partial charge in [0.1, 0.15) is 0 Å². The quantitative estimate of drug-likeness (QED) is 0.682. The van der Waals surface area contributed by atoms with Crippen molar-refractivity contribution in [3.63, 3.8) is 0 Å². The highest BCUT2D eigenvalue weighted by Gasteiger charge is 2.13. The molecule has 0 heterocycles. The molecule has 0 aromatic heterocycles. The summed E-state index contributed by atoms with van der Waals surface area (Å²) < 4.78 is 26.0. The molecule has 0 spiro atoms. The zero-order chi connectivity index (χ0) is 13.8. The van der Waals surface area contributed by atoms with E-state index in [2.05, 4.69) is 0 Å². The third kappa shape index (κ3) is 3.68. The van der Waals surface area contributed by atoms with Crippen LogP contribution in [0.1, 0.15) is 17.0 Å². The molecule has 0 nitrogen and oxygen atoms in total. The van der Waals surface area contributed by atoms with E-state index in [1.807, 2.05) is 18.2 Å². The van der Waals surface area contributed by atoms with Crippen molar-refractivity contribution in [2.24, 2.45) is 0 Å². The van der Waals surface area contributed by atoms with Crippen LogP contribution in [0.15, 0.2) is 42.5 Å². The lowest BCUT2D eigenvalue weighted by atomic mass is 9.93. The standard InChI is InChI=1S/C15H12Cl2F2/c16-9-12(11-2-1-3-13(17)8-11)6-10-4-5-14(18)15(19)7-10/h1-5,7-8,12H,6,9H2. The van der Waals surface area contributed by atoms with Crippen LogP contribution in [-0.2, 0) is 6.42 Å². The largest absolute Gasteiger partial charge is 0.204 e. The van der Waals surface area contributed by atoms with E-state index in [9.17, 15) is 8.78 Å². The first-order valence-corrected chi connectivity index (χ1v) is 6.76. The number of rotatable bonds is 4. The Labute approximate surface area is 121 Å². The molecule has 0 aliphatic carbocycles. The highest BCUT2D eigenvalue weighted by molar-refractivity contribution is 6.30. The average molecular weight is 301 g/mol. The van der Waals surface area contributed by atoms with Gasteiger partial charge in [0, 0.05) is 16.8 Å². The first-order valence-electron chi connectivity index (χ1n) is 5.85. The highest BCUT2D eigenvalue weighted by atomic mass is 35.5. The second-order valence-corrected chi connectivity index (χ2v) is 5.10. The Kier molecular flexibility index (Phi) is 4.78. The Balaban J connectivity index is 2.21. The summed E-state index contributed by atoms with van der Waals surface area (Å²) in [7, 11) is 0. The summed E-state index contributed by atoms with van der Waals surface area (Å²) in [6, 6.07) is 11.3. The molecular formula is C15H12Cl2F2. The third-order valence-corrected chi connectivity index (χ3v) is 3.58. The van der Waals surface area contributed by atoms with Crippen LogP contribution in [-0.4, -0.2) is 5.88 Å². The lowest BCUT2D eigenvalue weighted by Gasteiger charge is -2.15. The maximum atomic E-state index is 13.2. The summed E-state index contributed by atoms with van der Waals surface area (Å²) in [5, 5.41) is 0.637. The topological polar surface area (TPSA) is 0 Å². The van der Waals surface area contributed by atoms with Crippen LogP contribution in [0.3, 0.4) is 0 Å². The van der Waals surface area contributed by atoms with Crippen LogP contribution in [0.4, 0.5) is 8.78 Å². The van der Waals surface area contributed by atoms with Gasteiger partial charge in [-0.1, -0.05) is 29.8 Å². The summed E-state index contributed by atoms with van der Waals surface area (Å²) in [4.78, 5) is 0. The van der Waals surface area contributed by atoms with Crippen LogP contribution in [0, 0.1) is 11.6 Å². The van der Waals surface area contributed by atoms with E-state index >= 15 is 0 Å². The van der Waals surface area contributed by atoms with Crippen LogP contribution >= 0.6 is 23.2 Å². The van der Waals surface area contributed by atoms with E-state index in [4.69, 9.17) is 23.2 Å². The molecular weight excluding hydrogens is 289 g/mol. The van der Waals surface area contributed by atoms with Gasteiger partial charge in [0.15, 0.2) is 11.6 Å². The lowest BCUT2D eigenvalue weighted by molar-refractivity contribution is 0.506. The predicted molar refractivity (Wildman–Crippen MR) is 75.0 cm³/mol. The van der Waals surface area contributed by atoms with E-state index in [1.54, 1.807) is 12.1 Å². The van der Waals surface area contributed by atoms with Crippen LogP contribution in [0.25, 0.3) is 0 Å². The molecule has 1 unspecified atom stereocenters. The Morgan fingerprint density at radius 1 is 1.00 bits per heavy atom.